The molecule has 0 spiro atoms. The predicted octanol–water partition coefficient (Wildman–Crippen LogP) is 4.97. The summed E-state index contributed by atoms with van der Waals surface area (Å²) >= 11 is 0. The van der Waals surface area contributed by atoms with Gasteiger partial charge in [0, 0.05) is 45.0 Å². The highest BCUT2D eigenvalue weighted by atomic mass is 16.6. The second-order valence-electron chi connectivity index (χ2n) is 15.5. The third-order valence-corrected chi connectivity index (χ3v) is 10.1. The zero-order chi connectivity index (χ0) is 35.8. The average molecular weight is 696 g/mol. The smallest absolute Gasteiger partial charge is 0.404 e. The van der Waals surface area contributed by atoms with Gasteiger partial charge in [-0.1, -0.05) is 45.7 Å². The van der Waals surface area contributed by atoms with Gasteiger partial charge >= 0.3 is 6.09 Å². The molecule has 0 radical (unpaired) electrons. The lowest BCUT2D eigenvalue weighted by Crippen LogP contribution is -2.44. The first kappa shape index (κ1) is 37.6. The van der Waals surface area contributed by atoms with Gasteiger partial charge in [-0.15, -0.1) is 0 Å². The Morgan fingerprint density at radius 2 is 1.74 bits per heavy atom. The quantitative estimate of drug-likeness (QED) is 0.218. The number of carbonyl (C=O) groups is 3. The van der Waals surface area contributed by atoms with Crippen molar-refractivity contribution in [3.8, 4) is 11.6 Å². The van der Waals surface area contributed by atoms with Crippen LogP contribution in [0.4, 0.5) is 4.79 Å². The minimum Gasteiger partial charge on any atom is -0.492 e. The number of pyridine rings is 1. The molecule has 4 atom stereocenters. The van der Waals surface area contributed by atoms with E-state index in [1.165, 1.54) is 0 Å². The van der Waals surface area contributed by atoms with E-state index in [4.69, 9.17) is 35.4 Å². The number of rotatable bonds is 17. The number of para-hydroxylation sites is 1. The molecule has 12 nitrogen and oxygen atoms in total. The molecule has 1 saturated carbocycles. The number of likely N-dealkylation sites (tertiary alicyclic amines) is 2. The minimum atomic E-state index is -0.728. The molecule has 3 fully saturated rings. The Morgan fingerprint density at radius 3 is 2.44 bits per heavy atom. The van der Waals surface area contributed by atoms with Gasteiger partial charge in [-0.25, -0.2) is 9.78 Å². The van der Waals surface area contributed by atoms with Crippen molar-refractivity contribution in [2.75, 3.05) is 39.9 Å². The van der Waals surface area contributed by atoms with Gasteiger partial charge < -0.3 is 40.2 Å². The SMILES string of the molecule is COC1CCN(CCCOc2c(CCCCC[C@@H]3C[C@H]3OC(N)=O)c(O[C@@H]3C[C@@H](C(N)=O)N(C(=O)CC(C)(C)C)C3)nc3ccccc23)CC1. The van der Waals surface area contributed by atoms with E-state index in [-0.39, 0.29) is 24.0 Å². The van der Waals surface area contributed by atoms with Crippen LogP contribution in [0.2, 0.25) is 0 Å². The molecule has 3 aliphatic rings. The summed E-state index contributed by atoms with van der Waals surface area (Å²) < 4.78 is 24.0. The van der Waals surface area contributed by atoms with E-state index >= 15 is 0 Å². The molecule has 1 aromatic carbocycles. The summed E-state index contributed by atoms with van der Waals surface area (Å²) in [6.45, 7) is 9.83. The summed E-state index contributed by atoms with van der Waals surface area (Å²) in [5.74, 6) is 1.02. The lowest BCUT2D eigenvalue weighted by molar-refractivity contribution is -0.138. The first-order valence-corrected chi connectivity index (χ1v) is 18.4. The molecule has 50 heavy (non-hydrogen) atoms. The van der Waals surface area contributed by atoms with Crippen LogP contribution >= 0.6 is 0 Å². The number of fused-ring (bicyclic) bond motifs is 1. The molecule has 4 N–H and O–H groups in total. The van der Waals surface area contributed by atoms with E-state index in [0.717, 1.165) is 93.2 Å². The third kappa shape index (κ3) is 10.4. The predicted molar refractivity (Wildman–Crippen MR) is 191 cm³/mol. The number of hydrogen-bond acceptors (Lipinski definition) is 9. The second kappa shape index (κ2) is 17.0. The molecule has 3 heterocycles. The van der Waals surface area contributed by atoms with Crippen LogP contribution in [0.1, 0.15) is 90.5 Å². The van der Waals surface area contributed by atoms with Crippen LogP contribution in [0.3, 0.4) is 0 Å². The maximum absolute atomic E-state index is 13.3. The summed E-state index contributed by atoms with van der Waals surface area (Å²) in [7, 11) is 1.79. The van der Waals surface area contributed by atoms with Crippen LogP contribution in [0, 0.1) is 11.3 Å². The van der Waals surface area contributed by atoms with Crippen LogP contribution in [0.5, 0.6) is 11.6 Å². The molecule has 0 unspecified atom stereocenters. The molecule has 2 aliphatic heterocycles. The molecular weight excluding hydrogens is 638 g/mol. The van der Waals surface area contributed by atoms with Gasteiger partial charge in [0.2, 0.25) is 17.7 Å². The molecule has 12 heteroatoms. The molecular formula is C38H57N5O7. The molecule has 1 aliphatic carbocycles. The number of hydrogen-bond donors (Lipinski definition) is 2. The van der Waals surface area contributed by atoms with Gasteiger partial charge in [-0.3, -0.25) is 9.59 Å². The van der Waals surface area contributed by atoms with Crippen molar-refractivity contribution in [3.63, 3.8) is 0 Å². The Morgan fingerprint density at radius 1 is 0.980 bits per heavy atom. The largest absolute Gasteiger partial charge is 0.492 e. The molecule has 276 valence electrons. The number of unbranched alkanes of at least 4 members (excludes halogenated alkanes) is 2. The summed E-state index contributed by atoms with van der Waals surface area (Å²) in [6, 6.07) is 7.21. The number of ether oxygens (including phenoxy) is 4. The Kier molecular flexibility index (Phi) is 12.8. The van der Waals surface area contributed by atoms with E-state index in [1.807, 2.05) is 45.0 Å². The minimum absolute atomic E-state index is 0.0472. The number of nitrogens with zero attached hydrogens (tertiary/aromatic N) is 3. The Labute approximate surface area is 296 Å². The Bertz CT molecular complexity index is 1470. The van der Waals surface area contributed by atoms with Crippen molar-refractivity contribution in [2.45, 2.75) is 116 Å². The number of piperidine rings is 1. The molecule has 1 aromatic heterocycles. The second-order valence-corrected chi connectivity index (χ2v) is 15.5. The highest BCUT2D eigenvalue weighted by Gasteiger charge is 2.41. The van der Waals surface area contributed by atoms with Crippen LogP contribution in [0.15, 0.2) is 24.3 Å². The maximum Gasteiger partial charge on any atom is 0.404 e. The van der Waals surface area contributed by atoms with Crippen molar-refractivity contribution in [3.05, 3.63) is 29.8 Å². The standard InChI is InChI=1S/C38H57N5O7/c1-38(2,3)23-33(44)43-24-27(22-31(43)35(39)45)49-36-29(13-7-5-6-11-25-21-32(25)50-37(40)46)34(28-12-8-9-14-30(28)41-36)48-20-10-17-42-18-15-26(47-4)16-19-42/h8-9,12,14,25-27,31-32H,5-7,10-11,13,15-24H2,1-4H3,(H2,39,45)(H2,40,46)/t25-,27-,31+,32-/m1/s1. The van der Waals surface area contributed by atoms with Gasteiger partial charge in [0.15, 0.2) is 0 Å². The van der Waals surface area contributed by atoms with Crippen LogP contribution < -0.4 is 20.9 Å². The highest BCUT2D eigenvalue weighted by Crippen LogP contribution is 2.40. The summed E-state index contributed by atoms with van der Waals surface area (Å²) in [6.07, 6.45) is 8.18. The average Bonchev–Trinajstić information content (AvgIpc) is 3.64. The fourth-order valence-corrected chi connectivity index (χ4v) is 7.36. The molecule has 2 saturated heterocycles. The lowest BCUT2D eigenvalue weighted by atomic mass is 9.91. The number of aromatic nitrogens is 1. The summed E-state index contributed by atoms with van der Waals surface area (Å²) in [4.78, 5) is 45.9. The fourth-order valence-electron chi connectivity index (χ4n) is 7.36. The lowest BCUT2D eigenvalue weighted by Gasteiger charge is -2.31. The number of nitrogens with two attached hydrogens (primary N) is 2. The fraction of sp³-hybridized carbons (Fsp3) is 0.684. The first-order valence-electron chi connectivity index (χ1n) is 18.4. The van der Waals surface area contributed by atoms with E-state index in [1.54, 1.807) is 12.0 Å². The Hall–Kier alpha value is -3.64. The van der Waals surface area contributed by atoms with Crippen molar-refractivity contribution in [2.24, 2.45) is 22.8 Å². The van der Waals surface area contributed by atoms with E-state index in [2.05, 4.69) is 4.90 Å². The molecule has 0 bridgehead atoms. The molecule has 2 aromatic rings. The number of primary amides is 2. The monoisotopic (exact) mass is 695 g/mol. The van der Waals surface area contributed by atoms with Gasteiger partial charge in [-0.2, -0.15) is 0 Å². The van der Waals surface area contributed by atoms with Gasteiger partial charge in [0.1, 0.15) is 24.0 Å². The maximum atomic E-state index is 13.3. The molecule has 3 amide bonds. The van der Waals surface area contributed by atoms with Crippen molar-refractivity contribution in [1.29, 1.82) is 0 Å². The molecule has 5 rings (SSSR count). The van der Waals surface area contributed by atoms with Gasteiger partial charge in [0.25, 0.3) is 0 Å². The van der Waals surface area contributed by atoms with Crippen molar-refractivity contribution >= 4 is 28.8 Å². The van der Waals surface area contributed by atoms with E-state index < -0.39 is 24.1 Å². The zero-order valence-electron chi connectivity index (χ0n) is 30.4. The zero-order valence-corrected chi connectivity index (χ0v) is 30.4. The first-order chi connectivity index (χ1) is 23.9. The van der Waals surface area contributed by atoms with Crippen LogP contribution in [0.25, 0.3) is 10.9 Å². The third-order valence-electron chi connectivity index (χ3n) is 10.1. The number of amides is 3. The van der Waals surface area contributed by atoms with Crippen molar-refractivity contribution in [1.82, 2.24) is 14.8 Å². The highest BCUT2D eigenvalue weighted by molar-refractivity contribution is 5.88. The summed E-state index contributed by atoms with van der Waals surface area (Å²) in [5, 5.41) is 0.934. The van der Waals surface area contributed by atoms with Crippen molar-refractivity contribution < 1.29 is 33.3 Å². The van der Waals surface area contributed by atoms with Gasteiger partial charge in [0.05, 0.1) is 30.3 Å². The van der Waals surface area contributed by atoms with Gasteiger partial charge in [-0.05, 0) is 68.4 Å². The normalized spacial score (nSPS) is 22.8. The number of methoxy groups -OCH3 is 1. The Balaban J connectivity index is 1.31. The van der Waals surface area contributed by atoms with E-state index in [9.17, 15) is 14.4 Å². The van der Waals surface area contributed by atoms with Crippen LogP contribution in [-0.2, 0) is 25.5 Å². The number of benzene rings is 1. The number of carbonyl (C=O) groups excluding carboxylic acids is 3. The topological polar surface area (TPSA) is 160 Å². The van der Waals surface area contributed by atoms with Crippen LogP contribution in [-0.4, -0.2) is 96.9 Å². The summed E-state index contributed by atoms with van der Waals surface area (Å²) in [5.41, 5.74) is 12.4. The van der Waals surface area contributed by atoms with E-state index in [0.29, 0.717) is 43.8 Å².